The molecule has 2 unspecified atom stereocenters. The highest BCUT2D eigenvalue weighted by atomic mass is 35.5. The normalized spacial score (nSPS) is 19.0. The van der Waals surface area contributed by atoms with E-state index in [1.165, 1.54) is 5.56 Å². The van der Waals surface area contributed by atoms with E-state index in [1.54, 1.807) is 0 Å². The average Bonchev–Trinajstić information content (AvgIpc) is 3.05. The van der Waals surface area contributed by atoms with Crippen LogP contribution in [0.4, 0.5) is 0 Å². The van der Waals surface area contributed by atoms with Crippen LogP contribution in [-0.2, 0) is 11.3 Å². The fraction of sp³-hybridized carbons (Fsp3) is 0.364. The lowest BCUT2D eigenvalue weighted by Crippen LogP contribution is -2.40. The second-order valence-electron chi connectivity index (χ2n) is 7.52. The van der Waals surface area contributed by atoms with Gasteiger partial charge in [0.2, 0.25) is 0 Å². The predicted octanol–water partition coefficient (Wildman–Crippen LogP) is 4.60. The quantitative estimate of drug-likeness (QED) is 0.683. The average molecular weight is 398 g/mol. The zero-order valence-corrected chi connectivity index (χ0v) is 16.6. The Balaban J connectivity index is 1.72. The third kappa shape index (κ3) is 3.77. The predicted molar refractivity (Wildman–Crippen MR) is 111 cm³/mol. The van der Waals surface area contributed by atoms with Gasteiger partial charge in [-0.05, 0) is 50.1 Å². The van der Waals surface area contributed by atoms with E-state index in [9.17, 15) is 9.90 Å². The Morgan fingerprint density at radius 3 is 2.82 bits per heavy atom. The van der Waals surface area contributed by atoms with Crippen LogP contribution in [0.2, 0.25) is 5.02 Å². The fourth-order valence-corrected chi connectivity index (χ4v) is 4.26. The standard InChI is InChI=1S/C22H24ClN3O2/c1-15(25-11-5-8-17(14-25)22(27)28)21-24-19-12-18(23)9-10-20(19)26(21)13-16-6-3-2-4-7-16/h2-4,6-7,9-10,12,15,17H,5,8,11,13-14H2,1H3,(H,27,28). The van der Waals surface area contributed by atoms with E-state index < -0.39 is 5.97 Å². The Kier molecular flexibility index (Phi) is 5.38. The maximum Gasteiger partial charge on any atom is 0.307 e. The number of halogens is 1. The number of nitrogens with zero attached hydrogens (tertiary/aromatic N) is 3. The lowest BCUT2D eigenvalue weighted by Gasteiger charge is -2.35. The van der Waals surface area contributed by atoms with Gasteiger partial charge in [-0.25, -0.2) is 4.98 Å². The number of likely N-dealkylation sites (tertiary alicyclic amines) is 1. The molecule has 2 heterocycles. The number of imidazole rings is 1. The van der Waals surface area contributed by atoms with Gasteiger partial charge in [-0.3, -0.25) is 9.69 Å². The Labute approximate surface area is 169 Å². The minimum atomic E-state index is -0.707. The second kappa shape index (κ2) is 7.94. The molecule has 2 aromatic carbocycles. The number of piperidine rings is 1. The van der Waals surface area contributed by atoms with Crippen molar-refractivity contribution < 1.29 is 9.90 Å². The van der Waals surface area contributed by atoms with Crippen molar-refractivity contribution in [3.63, 3.8) is 0 Å². The van der Waals surface area contributed by atoms with Crippen LogP contribution < -0.4 is 0 Å². The van der Waals surface area contributed by atoms with Gasteiger partial charge in [0.05, 0.1) is 23.0 Å². The van der Waals surface area contributed by atoms with E-state index in [0.29, 0.717) is 11.6 Å². The summed E-state index contributed by atoms with van der Waals surface area (Å²) < 4.78 is 2.23. The van der Waals surface area contributed by atoms with E-state index in [1.807, 2.05) is 36.4 Å². The minimum absolute atomic E-state index is 0.0250. The molecule has 6 heteroatoms. The van der Waals surface area contributed by atoms with Crippen LogP contribution in [0.5, 0.6) is 0 Å². The molecule has 0 radical (unpaired) electrons. The SMILES string of the molecule is CC(c1nc2cc(Cl)ccc2n1Cc1ccccc1)N1CCCC(C(=O)O)C1. The third-order valence-corrected chi connectivity index (χ3v) is 5.88. The number of carboxylic acids is 1. The van der Waals surface area contributed by atoms with Gasteiger partial charge in [-0.2, -0.15) is 0 Å². The van der Waals surface area contributed by atoms with Crippen LogP contribution >= 0.6 is 11.6 Å². The van der Waals surface area contributed by atoms with Crippen LogP contribution in [0.1, 0.15) is 37.2 Å². The zero-order valence-electron chi connectivity index (χ0n) is 15.9. The number of rotatable bonds is 5. The first-order valence-electron chi connectivity index (χ1n) is 9.69. The lowest BCUT2D eigenvalue weighted by molar-refractivity contribution is -0.143. The molecule has 2 atom stereocenters. The number of hydrogen-bond acceptors (Lipinski definition) is 3. The van der Waals surface area contributed by atoms with E-state index in [0.717, 1.165) is 42.8 Å². The van der Waals surface area contributed by atoms with E-state index in [2.05, 4.69) is 28.5 Å². The summed E-state index contributed by atoms with van der Waals surface area (Å²) in [5, 5.41) is 10.1. The van der Waals surface area contributed by atoms with Crippen molar-refractivity contribution >= 4 is 28.6 Å². The summed E-state index contributed by atoms with van der Waals surface area (Å²) in [6.07, 6.45) is 1.64. The maximum absolute atomic E-state index is 11.5. The molecule has 1 aliphatic heterocycles. The zero-order chi connectivity index (χ0) is 19.7. The summed E-state index contributed by atoms with van der Waals surface area (Å²) in [7, 11) is 0. The van der Waals surface area contributed by atoms with Gasteiger partial charge in [0.25, 0.3) is 0 Å². The van der Waals surface area contributed by atoms with Crippen molar-refractivity contribution in [2.75, 3.05) is 13.1 Å². The lowest BCUT2D eigenvalue weighted by atomic mass is 9.97. The van der Waals surface area contributed by atoms with Crippen molar-refractivity contribution in [3.05, 3.63) is 64.9 Å². The number of hydrogen-bond donors (Lipinski definition) is 1. The van der Waals surface area contributed by atoms with Gasteiger partial charge in [-0.1, -0.05) is 41.9 Å². The number of fused-ring (bicyclic) bond motifs is 1. The third-order valence-electron chi connectivity index (χ3n) is 5.65. The van der Waals surface area contributed by atoms with Crippen molar-refractivity contribution in [2.45, 2.75) is 32.4 Å². The van der Waals surface area contributed by atoms with Crippen LogP contribution in [0.3, 0.4) is 0 Å². The first-order chi connectivity index (χ1) is 13.5. The summed E-state index contributed by atoms with van der Waals surface area (Å²) >= 11 is 6.20. The second-order valence-corrected chi connectivity index (χ2v) is 7.96. The molecule has 0 aliphatic carbocycles. The van der Waals surface area contributed by atoms with E-state index in [-0.39, 0.29) is 12.0 Å². The highest BCUT2D eigenvalue weighted by molar-refractivity contribution is 6.31. The fourth-order valence-electron chi connectivity index (χ4n) is 4.10. The molecule has 0 bridgehead atoms. The molecule has 1 aromatic heterocycles. The summed E-state index contributed by atoms with van der Waals surface area (Å²) in [5.41, 5.74) is 3.12. The van der Waals surface area contributed by atoms with Gasteiger partial charge in [0.1, 0.15) is 5.82 Å². The molecule has 0 saturated carbocycles. The molecular weight excluding hydrogens is 374 g/mol. The molecule has 3 aromatic rings. The molecule has 1 N–H and O–H groups in total. The summed E-state index contributed by atoms with van der Waals surface area (Å²) in [6, 6.07) is 16.1. The molecule has 0 spiro atoms. The number of aliphatic carboxylic acids is 1. The topological polar surface area (TPSA) is 58.4 Å². The summed E-state index contributed by atoms with van der Waals surface area (Å²) in [6.45, 7) is 4.29. The molecule has 0 amide bonds. The monoisotopic (exact) mass is 397 g/mol. The molecule has 1 aliphatic rings. The number of aromatic nitrogens is 2. The van der Waals surface area contributed by atoms with Crippen molar-refractivity contribution in [1.29, 1.82) is 0 Å². The van der Waals surface area contributed by atoms with Crippen molar-refractivity contribution in [1.82, 2.24) is 14.5 Å². The van der Waals surface area contributed by atoms with Gasteiger partial charge in [0.15, 0.2) is 0 Å². The number of carboxylic acid groups (broad SMARTS) is 1. The largest absolute Gasteiger partial charge is 0.481 e. The number of carbonyl (C=O) groups is 1. The molecular formula is C22H24ClN3O2. The first kappa shape index (κ1) is 19.0. The van der Waals surface area contributed by atoms with Crippen LogP contribution in [0, 0.1) is 5.92 Å². The molecule has 28 heavy (non-hydrogen) atoms. The van der Waals surface area contributed by atoms with Crippen molar-refractivity contribution in [2.24, 2.45) is 5.92 Å². The van der Waals surface area contributed by atoms with Gasteiger partial charge < -0.3 is 9.67 Å². The van der Waals surface area contributed by atoms with E-state index in [4.69, 9.17) is 16.6 Å². The molecule has 1 saturated heterocycles. The van der Waals surface area contributed by atoms with Crippen molar-refractivity contribution in [3.8, 4) is 0 Å². The highest BCUT2D eigenvalue weighted by Gasteiger charge is 2.30. The molecule has 4 rings (SSSR count). The Morgan fingerprint density at radius 2 is 2.07 bits per heavy atom. The van der Waals surface area contributed by atoms with E-state index >= 15 is 0 Å². The molecule has 146 valence electrons. The van der Waals surface area contributed by atoms with Crippen LogP contribution in [0.15, 0.2) is 48.5 Å². The van der Waals surface area contributed by atoms with Gasteiger partial charge in [0, 0.05) is 18.1 Å². The molecule has 1 fully saturated rings. The number of benzene rings is 2. The van der Waals surface area contributed by atoms with Crippen LogP contribution in [0.25, 0.3) is 11.0 Å². The summed E-state index contributed by atoms with van der Waals surface area (Å²) in [5.74, 6) is -0.0637. The Bertz CT molecular complexity index is 986. The minimum Gasteiger partial charge on any atom is -0.481 e. The Hall–Kier alpha value is -2.37. The highest BCUT2D eigenvalue weighted by Crippen LogP contribution is 2.30. The van der Waals surface area contributed by atoms with Crippen LogP contribution in [-0.4, -0.2) is 38.6 Å². The van der Waals surface area contributed by atoms with Gasteiger partial charge >= 0.3 is 5.97 Å². The van der Waals surface area contributed by atoms with Gasteiger partial charge in [-0.15, -0.1) is 0 Å². The first-order valence-corrected chi connectivity index (χ1v) is 10.1. The molecule has 5 nitrogen and oxygen atoms in total. The Morgan fingerprint density at radius 1 is 1.29 bits per heavy atom. The summed E-state index contributed by atoms with van der Waals surface area (Å²) in [4.78, 5) is 18.6. The smallest absolute Gasteiger partial charge is 0.307 e. The maximum atomic E-state index is 11.5.